The third kappa shape index (κ3) is 6.27. The molecule has 37 heavy (non-hydrogen) atoms. The first-order valence-corrected chi connectivity index (χ1v) is 15.3. The van der Waals surface area contributed by atoms with Gasteiger partial charge < -0.3 is 4.74 Å². The lowest BCUT2D eigenvalue weighted by atomic mass is 9.86. The first kappa shape index (κ1) is 27.4. The number of aryl methyl sites for hydroxylation is 1. The normalized spacial score (nSPS) is 15.9. The Balaban J connectivity index is 1.65. The number of benzene rings is 2. The summed E-state index contributed by atoms with van der Waals surface area (Å²) in [5.74, 6) is 1.25. The van der Waals surface area contributed by atoms with Gasteiger partial charge in [-0.1, -0.05) is 81.5 Å². The molecule has 2 aromatic carbocycles. The molecule has 1 atom stereocenters. The number of hydrogen-bond acceptors (Lipinski definition) is 8. The van der Waals surface area contributed by atoms with E-state index >= 15 is 0 Å². The van der Waals surface area contributed by atoms with Gasteiger partial charge in [0.15, 0.2) is 10.4 Å². The molecule has 1 aromatic heterocycles. The van der Waals surface area contributed by atoms with Crippen molar-refractivity contribution >= 4 is 49.8 Å². The molecule has 0 spiro atoms. The van der Waals surface area contributed by atoms with Gasteiger partial charge >= 0.3 is 0 Å². The number of hydrogen-bond donors (Lipinski definition) is 1. The monoisotopic (exact) mass is 560 g/mol. The van der Waals surface area contributed by atoms with Crippen molar-refractivity contribution in [2.24, 2.45) is 5.92 Å². The summed E-state index contributed by atoms with van der Waals surface area (Å²) in [4.78, 5) is 13.4. The van der Waals surface area contributed by atoms with Crippen LogP contribution in [0.25, 0.3) is 0 Å². The van der Waals surface area contributed by atoms with Gasteiger partial charge in [-0.15, -0.1) is 10.2 Å². The highest BCUT2D eigenvalue weighted by molar-refractivity contribution is 8.01. The number of rotatable bonds is 7. The number of nitrogens with one attached hydrogen (secondary N) is 1. The number of carbonyl (C=O) groups excluding carboxylic acids is 1. The molecule has 8 nitrogen and oxygen atoms in total. The maximum Gasteiger partial charge on any atom is 0.269 e. The smallest absolute Gasteiger partial charge is 0.269 e. The standard InChI is InChI=1S/C26H32N4O4S3/c1-16(2)15-35-25-29-28-24(36-25)27-23(31)22-14-30(37(32,33)19-10-7-17(3)8-11-19)20-13-18(26(4,5)6)9-12-21(20)34-22/h7-13,16,22H,14-15H2,1-6H3,(H,27,28,31)/t22-/m0/s1. The number of nitrogens with zero attached hydrogens (tertiary/aromatic N) is 3. The average molecular weight is 561 g/mol. The van der Waals surface area contributed by atoms with Gasteiger partial charge in [0.25, 0.3) is 15.9 Å². The summed E-state index contributed by atoms with van der Waals surface area (Å²) < 4.78 is 35.7. The van der Waals surface area contributed by atoms with Gasteiger partial charge in [-0.25, -0.2) is 8.42 Å². The molecule has 1 N–H and O–H groups in total. The van der Waals surface area contributed by atoms with Crippen molar-refractivity contribution in [1.29, 1.82) is 0 Å². The molecule has 4 rings (SSSR count). The van der Waals surface area contributed by atoms with Crippen molar-refractivity contribution in [3.8, 4) is 5.75 Å². The number of fused-ring (bicyclic) bond motifs is 1. The molecule has 0 radical (unpaired) electrons. The van der Waals surface area contributed by atoms with Crippen LogP contribution >= 0.6 is 23.1 Å². The van der Waals surface area contributed by atoms with Crippen molar-refractivity contribution in [2.75, 3.05) is 21.9 Å². The second-order valence-corrected chi connectivity index (χ2v) is 14.6. The molecule has 1 amide bonds. The van der Waals surface area contributed by atoms with Gasteiger partial charge in [0.05, 0.1) is 17.1 Å². The number of aromatic nitrogens is 2. The van der Waals surface area contributed by atoms with Crippen LogP contribution in [0.4, 0.5) is 10.8 Å². The summed E-state index contributed by atoms with van der Waals surface area (Å²) in [7, 11) is -3.96. The highest BCUT2D eigenvalue weighted by Gasteiger charge is 2.38. The van der Waals surface area contributed by atoms with E-state index in [0.717, 1.165) is 21.2 Å². The van der Waals surface area contributed by atoms with Gasteiger partial charge in [0.2, 0.25) is 5.13 Å². The fourth-order valence-corrected chi connectivity index (χ4v) is 6.86. The van der Waals surface area contributed by atoms with Gasteiger partial charge in [-0.05, 0) is 48.1 Å². The van der Waals surface area contributed by atoms with E-state index in [9.17, 15) is 13.2 Å². The maximum atomic E-state index is 13.8. The number of sulfonamides is 1. The van der Waals surface area contributed by atoms with Gasteiger partial charge in [-0.3, -0.25) is 14.4 Å². The van der Waals surface area contributed by atoms with Crippen molar-refractivity contribution in [3.63, 3.8) is 0 Å². The predicted molar refractivity (Wildman–Crippen MR) is 149 cm³/mol. The molecule has 3 aromatic rings. The molecule has 0 saturated heterocycles. The van der Waals surface area contributed by atoms with E-state index in [2.05, 4.69) is 50.1 Å². The number of anilines is 2. The molecule has 11 heteroatoms. The second-order valence-electron chi connectivity index (χ2n) is 10.5. The number of ether oxygens (including phenoxy) is 1. The molecule has 2 heterocycles. The second kappa shape index (κ2) is 10.6. The molecule has 0 fully saturated rings. The van der Waals surface area contributed by atoms with E-state index in [1.807, 2.05) is 19.1 Å². The fraction of sp³-hybridized carbons (Fsp3) is 0.423. The Bertz CT molecular complexity index is 1380. The largest absolute Gasteiger partial charge is 0.476 e. The van der Waals surface area contributed by atoms with Crippen molar-refractivity contribution in [1.82, 2.24) is 10.2 Å². The van der Waals surface area contributed by atoms with Gasteiger partial charge in [-0.2, -0.15) is 0 Å². The Morgan fingerprint density at radius 2 is 1.89 bits per heavy atom. The zero-order valence-corrected chi connectivity index (χ0v) is 24.3. The van der Waals surface area contributed by atoms with Crippen LogP contribution in [-0.2, 0) is 20.2 Å². The van der Waals surface area contributed by atoms with Crippen molar-refractivity contribution in [3.05, 3.63) is 53.6 Å². The van der Waals surface area contributed by atoms with Crippen LogP contribution in [0.5, 0.6) is 5.75 Å². The zero-order valence-electron chi connectivity index (χ0n) is 21.8. The SMILES string of the molecule is Cc1ccc(S(=O)(=O)N2C[C@@H](C(=O)Nc3nnc(SCC(C)C)s3)Oc3ccc(C(C)(C)C)cc32)cc1. The number of amides is 1. The van der Waals surface area contributed by atoms with Crippen LogP contribution in [0.2, 0.25) is 0 Å². The number of thioether (sulfide) groups is 1. The fourth-order valence-electron chi connectivity index (χ4n) is 3.66. The summed E-state index contributed by atoms with van der Waals surface area (Å²) in [5, 5.41) is 11.3. The van der Waals surface area contributed by atoms with Crippen molar-refractivity contribution < 1.29 is 17.9 Å². The topological polar surface area (TPSA) is 101 Å². The summed E-state index contributed by atoms with van der Waals surface area (Å²) in [6.07, 6.45) is -1.07. The molecule has 1 aliphatic rings. The first-order valence-electron chi connectivity index (χ1n) is 12.0. The van der Waals surface area contributed by atoms with Gasteiger partial charge in [0, 0.05) is 5.75 Å². The molecule has 1 aliphatic heterocycles. The quantitative estimate of drug-likeness (QED) is 0.301. The lowest BCUT2D eigenvalue weighted by molar-refractivity contribution is -0.122. The van der Waals surface area contributed by atoms with E-state index < -0.39 is 22.0 Å². The van der Waals surface area contributed by atoms with E-state index in [1.54, 1.807) is 42.1 Å². The highest BCUT2D eigenvalue weighted by atomic mass is 32.2. The number of carbonyl (C=O) groups is 1. The minimum Gasteiger partial charge on any atom is -0.476 e. The maximum absolute atomic E-state index is 13.8. The van der Waals surface area contributed by atoms with Crippen LogP contribution in [0.15, 0.2) is 51.7 Å². The minimum absolute atomic E-state index is 0.155. The summed E-state index contributed by atoms with van der Waals surface area (Å²) in [6, 6.07) is 12.2. The van der Waals surface area contributed by atoms with Crippen LogP contribution in [-0.4, -0.2) is 42.9 Å². The molecule has 0 unspecified atom stereocenters. The molecular weight excluding hydrogens is 529 g/mol. The Labute approximate surface area is 226 Å². The van der Waals surface area contributed by atoms with E-state index in [0.29, 0.717) is 22.5 Å². The van der Waals surface area contributed by atoms with E-state index in [1.165, 1.54) is 15.6 Å². The van der Waals surface area contributed by atoms with Gasteiger partial charge in [0.1, 0.15) is 5.75 Å². The first-order chi connectivity index (χ1) is 17.3. The molecule has 0 bridgehead atoms. The third-order valence-electron chi connectivity index (χ3n) is 5.77. The van der Waals surface area contributed by atoms with Crippen molar-refractivity contribution in [2.45, 2.75) is 62.3 Å². The minimum atomic E-state index is -3.96. The Morgan fingerprint density at radius 1 is 1.19 bits per heavy atom. The molecular formula is C26H32N4O4S3. The Morgan fingerprint density at radius 3 is 2.54 bits per heavy atom. The van der Waals surface area contributed by atoms with Crippen LogP contribution in [0.1, 0.15) is 45.7 Å². The predicted octanol–water partition coefficient (Wildman–Crippen LogP) is 5.49. The summed E-state index contributed by atoms with van der Waals surface area (Å²) in [6.45, 7) is 12.1. The Hall–Kier alpha value is -2.63. The zero-order chi connectivity index (χ0) is 27.0. The average Bonchev–Trinajstić information content (AvgIpc) is 3.28. The Kier molecular flexibility index (Phi) is 7.87. The van der Waals surface area contributed by atoms with Crippen LogP contribution in [0, 0.1) is 12.8 Å². The highest BCUT2D eigenvalue weighted by Crippen LogP contribution is 2.40. The molecule has 198 valence electrons. The molecule has 0 saturated carbocycles. The van der Waals surface area contributed by atoms with E-state index in [-0.39, 0.29) is 16.9 Å². The van der Waals surface area contributed by atoms with E-state index in [4.69, 9.17) is 4.74 Å². The van der Waals surface area contributed by atoms with Crippen LogP contribution in [0.3, 0.4) is 0 Å². The third-order valence-corrected chi connectivity index (χ3v) is 9.97. The lowest BCUT2D eigenvalue weighted by Gasteiger charge is -2.35. The molecule has 0 aliphatic carbocycles. The summed E-state index contributed by atoms with van der Waals surface area (Å²) >= 11 is 2.87. The summed E-state index contributed by atoms with van der Waals surface area (Å²) in [5.41, 5.74) is 2.13. The lowest BCUT2D eigenvalue weighted by Crippen LogP contribution is -2.49. The van der Waals surface area contributed by atoms with Crippen LogP contribution < -0.4 is 14.4 Å².